The van der Waals surface area contributed by atoms with Gasteiger partial charge in [-0.15, -0.1) is 0 Å². The molecule has 0 spiro atoms. The van der Waals surface area contributed by atoms with Crippen LogP contribution in [0.1, 0.15) is 36.1 Å². The number of benzene rings is 3. The molecule has 1 saturated heterocycles. The Balaban J connectivity index is 1.79. The van der Waals surface area contributed by atoms with Crippen molar-refractivity contribution in [3.8, 4) is 11.5 Å². The number of ether oxygens (including phenoxy) is 3. The van der Waals surface area contributed by atoms with Crippen molar-refractivity contribution in [2.24, 2.45) is 0 Å². The minimum Gasteiger partial charge on any atom is -0.507 e. The van der Waals surface area contributed by atoms with Gasteiger partial charge in [-0.1, -0.05) is 31.2 Å². The topological polar surface area (TPSA) is 102 Å². The molecule has 1 heterocycles. The molecule has 196 valence electrons. The van der Waals surface area contributed by atoms with Crippen molar-refractivity contribution < 1.29 is 33.7 Å². The lowest BCUT2D eigenvalue weighted by atomic mass is 9.95. The Kier molecular flexibility index (Phi) is 8.11. The zero-order chi connectivity index (χ0) is 27.2. The molecular weight excluding hydrogens is 486 g/mol. The number of methoxy groups -OCH3 is 2. The number of carbonyl (C=O) groups excluding carboxylic acids is 3. The predicted molar refractivity (Wildman–Crippen MR) is 142 cm³/mol. The molecule has 1 aliphatic rings. The summed E-state index contributed by atoms with van der Waals surface area (Å²) in [6.07, 6.45) is 0.937. The lowest BCUT2D eigenvalue weighted by molar-refractivity contribution is -0.139. The highest BCUT2D eigenvalue weighted by molar-refractivity contribution is 6.51. The van der Waals surface area contributed by atoms with Gasteiger partial charge in [0.1, 0.15) is 17.3 Å². The molecule has 0 aliphatic carbocycles. The summed E-state index contributed by atoms with van der Waals surface area (Å²) in [7, 11) is 2.86. The van der Waals surface area contributed by atoms with Gasteiger partial charge in [-0.3, -0.25) is 19.3 Å². The molecule has 4 rings (SSSR count). The van der Waals surface area contributed by atoms with Crippen LogP contribution in [0.25, 0.3) is 5.76 Å². The predicted octanol–water partition coefficient (Wildman–Crippen LogP) is 4.83. The molecule has 1 aliphatic heterocycles. The molecular formula is C30H29NO7. The summed E-state index contributed by atoms with van der Waals surface area (Å²) >= 11 is 0. The maximum atomic E-state index is 13.4. The van der Waals surface area contributed by atoms with Crippen molar-refractivity contribution in [1.29, 1.82) is 0 Å². The third-order valence-electron chi connectivity index (χ3n) is 6.27. The van der Waals surface area contributed by atoms with E-state index in [4.69, 9.17) is 14.2 Å². The van der Waals surface area contributed by atoms with Crippen LogP contribution < -0.4 is 14.4 Å². The molecule has 1 amide bonds. The van der Waals surface area contributed by atoms with E-state index in [1.54, 1.807) is 79.9 Å². The Labute approximate surface area is 221 Å². The van der Waals surface area contributed by atoms with E-state index in [1.807, 2.05) is 6.92 Å². The highest BCUT2D eigenvalue weighted by atomic mass is 16.5. The molecule has 3 aromatic carbocycles. The van der Waals surface area contributed by atoms with Gasteiger partial charge >= 0.3 is 5.97 Å². The molecule has 3 aromatic rings. The molecule has 1 N–H and O–H groups in total. The number of nitrogens with zero attached hydrogens (tertiary/aromatic N) is 1. The van der Waals surface area contributed by atoms with Crippen molar-refractivity contribution in [3.63, 3.8) is 0 Å². The van der Waals surface area contributed by atoms with Crippen LogP contribution in [0.3, 0.4) is 0 Å². The molecule has 38 heavy (non-hydrogen) atoms. The number of Topliss-reactive ketones (excluding diaryl/α,β-unsaturated/α-hetero) is 1. The summed E-state index contributed by atoms with van der Waals surface area (Å²) in [5, 5.41) is 11.3. The number of hydrogen-bond donors (Lipinski definition) is 1. The monoisotopic (exact) mass is 515 g/mol. The minimum atomic E-state index is -0.886. The number of rotatable bonds is 9. The van der Waals surface area contributed by atoms with Gasteiger partial charge in [-0.05, 0) is 66.1 Å². The normalized spacial score (nSPS) is 16.4. The van der Waals surface area contributed by atoms with E-state index < -0.39 is 17.7 Å². The first kappa shape index (κ1) is 26.5. The molecule has 0 aromatic heterocycles. The van der Waals surface area contributed by atoms with Crippen LogP contribution in [0.5, 0.6) is 11.5 Å². The van der Waals surface area contributed by atoms with Crippen LogP contribution in [0.4, 0.5) is 5.69 Å². The Hall–Kier alpha value is -4.59. The first-order chi connectivity index (χ1) is 18.4. The highest BCUT2D eigenvalue weighted by Gasteiger charge is 2.47. The Morgan fingerprint density at radius 3 is 2.11 bits per heavy atom. The smallest absolute Gasteiger partial charge is 0.309 e. The second-order valence-corrected chi connectivity index (χ2v) is 8.73. The minimum absolute atomic E-state index is 0.0268. The van der Waals surface area contributed by atoms with Gasteiger partial charge in [0.25, 0.3) is 11.7 Å². The van der Waals surface area contributed by atoms with E-state index in [-0.39, 0.29) is 23.7 Å². The van der Waals surface area contributed by atoms with E-state index in [1.165, 1.54) is 12.0 Å². The maximum Gasteiger partial charge on any atom is 0.309 e. The summed E-state index contributed by atoms with van der Waals surface area (Å²) in [6, 6.07) is 19.5. The molecule has 8 nitrogen and oxygen atoms in total. The lowest BCUT2D eigenvalue weighted by Gasteiger charge is -2.25. The van der Waals surface area contributed by atoms with Crippen molar-refractivity contribution in [1.82, 2.24) is 0 Å². The molecule has 1 fully saturated rings. The summed E-state index contributed by atoms with van der Waals surface area (Å²) in [4.78, 5) is 39.7. The zero-order valence-electron chi connectivity index (χ0n) is 21.5. The van der Waals surface area contributed by atoms with Gasteiger partial charge in [-0.2, -0.15) is 0 Å². The van der Waals surface area contributed by atoms with Gasteiger partial charge in [-0.25, -0.2) is 0 Å². The van der Waals surface area contributed by atoms with E-state index in [9.17, 15) is 19.5 Å². The second kappa shape index (κ2) is 11.6. The number of hydrogen-bond acceptors (Lipinski definition) is 7. The SMILES string of the molecule is CCCOc1ccc(/C(O)=C2\C(=O)C(=O)N(c3ccc(CC(=O)OC)cc3)C2c2ccc(OC)cc2)cc1. The number of amides is 1. The van der Waals surface area contributed by atoms with E-state index in [0.29, 0.717) is 40.5 Å². The highest BCUT2D eigenvalue weighted by Crippen LogP contribution is 2.42. The van der Waals surface area contributed by atoms with Gasteiger partial charge in [0.15, 0.2) is 0 Å². The second-order valence-electron chi connectivity index (χ2n) is 8.73. The number of anilines is 1. The molecule has 0 saturated carbocycles. The van der Waals surface area contributed by atoms with Crippen LogP contribution >= 0.6 is 0 Å². The van der Waals surface area contributed by atoms with Gasteiger partial charge in [0.2, 0.25) is 0 Å². The average molecular weight is 516 g/mol. The number of aliphatic hydroxyl groups excluding tert-OH is 1. The first-order valence-corrected chi connectivity index (χ1v) is 12.2. The Morgan fingerprint density at radius 2 is 1.53 bits per heavy atom. The van der Waals surface area contributed by atoms with E-state index in [0.717, 1.165) is 6.42 Å². The standard InChI is InChI=1S/C30H29NO7/c1-4-17-38-24-15-9-21(10-16-24)28(33)26-27(20-7-13-23(36-2)14-8-20)31(30(35)29(26)34)22-11-5-19(6-12-22)18-25(32)37-3/h5-16,27,33H,4,17-18H2,1-3H3/b28-26+. The quantitative estimate of drug-likeness (QED) is 0.189. The maximum absolute atomic E-state index is 13.4. The molecule has 1 unspecified atom stereocenters. The van der Waals surface area contributed by atoms with Crippen molar-refractivity contribution in [2.45, 2.75) is 25.8 Å². The summed E-state index contributed by atoms with van der Waals surface area (Å²) in [5.74, 6) is -0.981. The molecule has 8 heteroatoms. The zero-order valence-corrected chi connectivity index (χ0v) is 21.5. The summed E-state index contributed by atoms with van der Waals surface area (Å²) in [6.45, 7) is 2.57. The molecule has 0 radical (unpaired) electrons. The average Bonchev–Trinajstić information content (AvgIpc) is 3.22. The van der Waals surface area contributed by atoms with Crippen LogP contribution in [-0.2, 0) is 25.5 Å². The van der Waals surface area contributed by atoms with Crippen LogP contribution in [-0.4, -0.2) is 43.6 Å². The van der Waals surface area contributed by atoms with Crippen LogP contribution in [0.15, 0.2) is 78.4 Å². The number of esters is 1. The van der Waals surface area contributed by atoms with Crippen LogP contribution in [0, 0.1) is 0 Å². The van der Waals surface area contributed by atoms with E-state index in [2.05, 4.69) is 0 Å². The van der Waals surface area contributed by atoms with Crippen LogP contribution in [0.2, 0.25) is 0 Å². The van der Waals surface area contributed by atoms with Gasteiger partial charge < -0.3 is 19.3 Å². The Bertz CT molecular complexity index is 1340. The number of ketones is 1. The third-order valence-corrected chi connectivity index (χ3v) is 6.27. The number of aliphatic hydroxyl groups is 1. The fraction of sp³-hybridized carbons (Fsp3) is 0.233. The van der Waals surface area contributed by atoms with Crippen molar-refractivity contribution >= 4 is 29.1 Å². The molecule has 1 atom stereocenters. The summed E-state index contributed by atoms with van der Waals surface area (Å²) in [5.41, 5.74) is 2.13. The van der Waals surface area contributed by atoms with Gasteiger partial charge in [0, 0.05) is 11.3 Å². The fourth-order valence-electron chi connectivity index (χ4n) is 4.30. The molecule has 0 bridgehead atoms. The van der Waals surface area contributed by atoms with Crippen molar-refractivity contribution in [3.05, 3.63) is 95.1 Å². The summed E-state index contributed by atoms with van der Waals surface area (Å²) < 4.78 is 15.6. The third kappa shape index (κ3) is 5.39. The van der Waals surface area contributed by atoms with E-state index >= 15 is 0 Å². The number of carbonyl (C=O) groups is 3. The Morgan fingerprint density at radius 1 is 0.895 bits per heavy atom. The largest absolute Gasteiger partial charge is 0.507 e. The van der Waals surface area contributed by atoms with Gasteiger partial charge in [0.05, 0.1) is 38.9 Å². The van der Waals surface area contributed by atoms with Crippen molar-refractivity contribution in [2.75, 3.05) is 25.7 Å². The lowest BCUT2D eigenvalue weighted by Crippen LogP contribution is -2.29. The fourth-order valence-corrected chi connectivity index (χ4v) is 4.30. The first-order valence-electron chi connectivity index (χ1n) is 12.2.